The molecule has 0 bridgehead atoms. The monoisotopic (exact) mass is 461 g/mol. The number of benzene rings is 3. The van der Waals surface area contributed by atoms with Crippen molar-refractivity contribution in [1.29, 1.82) is 0 Å². The number of carbonyl (C=O) groups is 1. The lowest BCUT2D eigenvalue weighted by Crippen LogP contribution is -2.38. The van der Waals surface area contributed by atoms with Crippen molar-refractivity contribution >= 4 is 17.4 Å². The molecule has 5 rings (SSSR count). The van der Waals surface area contributed by atoms with E-state index in [4.69, 9.17) is 9.73 Å². The molecular formula is C27H25F2N3O2. The van der Waals surface area contributed by atoms with Gasteiger partial charge in [-0.3, -0.25) is 4.79 Å². The van der Waals surface area contributed by atoms with Crippen LogP contribution in [0.4, 0.5) is 14.5 Å². The minimum absolute atomic E-state index is 0.111. The summed E-state index contributed by atoms with van der Waals surface area (Å²) in [5.74, 6) is 0.269. The van der Waals surface area contributed by atoms with E-state index in [1.807, 2.05) is 44.2 Å². The van der Waals surface area contributed by atoms with Gasteiger partial charge in [0.1, 0.15) is 28.9 Å². The van der Waals surface area contributed by atoms with E-state index in [2.05, 4.69) is 11.0 Å². The van der Waals surface area contributed by atoms with Crippen LogP contribution in [0.1, 0.15) is 33.5 Å². The Labute approximate surface area is 197 Å². The number of halogens is 2. The normalized spacial score (nSPS) is 15.5. The highest BCUT2D eigenvalue weighted by atomic mass is 19.1. The van der Waals surface area contributed by atoms with Gasteiger partial charge in [0, 0.05) is 32.2 Å². The van der Waals surface area contributed by atoms with Crippen molar-refractivity contribution in [3.8, 4) is 11.5 Å². The quantitative estimate of drug-likeness (QED) is 0.473. The number of hydrogen-bond donors (Lipinski definition) is 0. The molecule has 0 unspecified atom stereocenters. The van der Waals surface area contributed by atoms with E-state index in [9.17, 15) is 13.6 Å². The second kappa shape index (κ2) is 8.89. The predicted octanol–water partition coefficient (Wildman–Crippen LogP) is 5.61. The SMILES string of the molecule is Cc1ccc2c(c1)Oc1ccc(C)cc1C(N1CCCN(C(=O)c3ccc(F)cc3F)CC1)=N2. The van der Waals surface area contributed by atoms with Crippen molar-refractivity contribution in [1.82, 2.24) is 9.80 Å². The Morgan fingerprint density at radius 3 is 2.50 bits per heavy atom. The molecule has 0 aliphatic carbocycles. The first kappa shape index (κ1) is 22.1. The van der Waals surface area contributed by atoms with Crippen LogP contribution < -0.4 is 4.74 Å². The molecule has 174 valence electrons. The van der Waals surface area contributed by atoms with E-state index in [1.165, 1.54) is 6.07 Å². The molecule has 0 N–H and O–H groups in total. The molecule has 0 saturated carbocycles. The van der Waals surface area contributed by atoms with Crippen LogP contribution in [-0.2, 0) is 0 Å². The number of aliphatic imine (C=N–C) groups is 1. The van der Waals surface area contributed by atoms with Crippen molar-refractivity contribution in [3.05, 3.63) is 88.5 Å². The van der Waals surface area contributed by atoms with Gasteiger partial charge in [0.05, 0.1) is 11.1 Å². The van der Waals surface area contributed by atoms with E-state index in [-0.39, 0.29) is 5.56 Å². The highest BCUT2D eigenvalue weighted by Gasteiger charge is 2.27. The Morgan fingerprint density at radius 2 is 1.68 bits per heavy atom. The molecule has 7 heteroatoms. The molecule has 3 aromatic rings. The zero-order valence-electron chi connectivity index (χ0n) is 19.1. The van der Waals surface area contributed by atoms with Gasteiger partial charge in [-0.05, 0) is 62.2 Å². The largest absolute Gasteiger partial charge is 0.454 e. The van der Waals surface area contributed by atoms with Gasteiger partial charge in [-0.15, -0.1) is 0 Å². The molecular weight excluding hydrogens is 436 g/mol. The number of hydrogen-bond acceptors (Lipinski definition) is 4. The number of aryl methyl sites for hydroxylation is 2. The van der Waals surface area contributed by atoms with Crippen LogP contribution in [0.15, 0.2) is 59.6 Å². The Hall–Kier alpha value is -3.74. The third-order valence-electron chi connectivity index (χ3n) is 6.18. The van der Waals surface area contributed by atoms with Gasteiger partial charge >= 0.3 is 0 Å². The minimum atomic E-state index is -0.840. The van der Waals surface area contributed by atoms with Crippen LogP contribution in [0.5, 0.6) is 11.5 Å². The number of amidine groups is 1. The van der Waals surface area contributed by atoms with Gasteiger partial charge in [0.15, 0.2) is 5.75 Å². The molecule has 0 atom stereocenters. The molecule has 2 aliphatic heterocycles. The van der Waals surface area contributed by atoms with Crippen LogP contribution in [-0.4, -0.2) is 47.7 Å². The van der Waals surface area contributed by atoms with Gasteiger partial charge in [0.25, 0.3) is 5.91 Å². The molecule has 0 aromatic heterocycles. The third kappa shape index (κ3) is 4.25. The van der Waals surface area contributed by atoms with E-state index < -0.39 is 17.5 Å². The van der Waals surface area contributed by atoms with Gasteiger partial charge in [-0.25, -0.2) is 13.8 Å². The van der Waals surface area contributed by atoms with Crippen LogP contribution in [0.2, 0.25) is 0 Å². The van der Waals surface area contributed by atoms with E-state index in [0.29, 0.717) is 38.3 Å². The standard InChI is InChI=1S/C27H25F2N3O2/c1-17-5-9-24-21(14-17)26(30-23-8-4-18(2)15-25(23)34-24)31-10-3-11-32(13-12-31)27(33)20-7-6-19(28)16-22(20)29/h4-9,14-16H,3,10-13H2,1-2H3. The van der Waals surface area contributed by atoms with Gasteiger partial charge in [-0.2, -0.15) is 0 Å². The molecule has 1 saturated heterocycles. The summed E-state index contributed by atoms with van der Waals surface area (Å²) < 4.78 is 33.8. The molecule has 34 heavy (non-hydrogen) atoms. The number of rotatable bonds is 1. The lowest BCUT2D eigenvalue weighted by molar-refractivity contribution is 0.0759. The van der Waals surface area contributed by atoms with Crippen LogP contribution >= 0.6 is 0 Å². The van der Waals surface area contributed by atoms with Crippen molar-refractivity contribution in [2.24, 2.45) is 4.99 Å². The summed E-state index contributed by atoms with van der Waals surface area (Å²) in [5.41, 5.74) is 3.72. The summed E-state index contributed by atoms with van der Waals surface area (Å²) in [6.07, 6.45) is 0.691. The van der Waals surface area contributed by atoms with Crippen molar-refractivity contribution in [2.75, 3.05) is 26.2 Å². The fourth-order valence-corrected chi connectivity index (χ4v) is 4.40. The highest BCUT2D eigenvalue weighted by molar-refractivity contribution is 6.04. The molecule has 2 aliphatic rings. The average Bonchev–Trinajstić information content (AvgIpc) is 3.13. The number of carbonyl (C=O) groups excluding carboxylic acids is 1. The minimum Gasteiger partial charge on any atom is -0.454 e. The van der Waals surface area contributed by atoms with Crippen molar-refractivity contribution in [2.45, 2.75) is 20.3 Å². The fourth-order valence-electron chi connectivity index (χ4n) is 4.40. The van der Waals surface area contributed by atoms with Gasteiger partial charge in [0.2, 0.25) is 0 Å². The average molecular weight is 462 g/mol. The molecule has 3 aromatic carbocycles. The highest BCUT2D eigenvalue weighted by Crippen LogP contribution is 2.39. The summed E-state index contributed by atoms with van der Waals surface area (Å²) in [6.45, 7) is 6.13. The topological polar surface area (TPSA) is 45.1 Å². The number of nitrogens with zero attached hydrogens (tertiary/aromatic N) is 3. The van der Waals surface area contributed by atoms with E-state index in [0.717, 1.165) is 46.1 Å². The van der Waals surface area contributed by atoms with E-state index >= 15 is 0 Å². The predicted molar refractivity (Wildman–Crippen MR) is 127 cm³/mol. The van der Waals surface area contributed by atoms with Crippen LogP contribution in [0.3, 0.4) is 0 Å². The smallest absolute Gasteiger partial charge is 0.256 e. The maximum Gasteiger partial charge on any atom is 0.256 e. The lowest BCUT2D eigenvalue weighted by atomic mass is 10.1. The summed E-state index contributed by atoms with van der Waals surface area (Å²) in [5, 5.41) is 0. The molecule has 5 nitrogen and oxygen atoms in total. The van der Waals surface area contributed by atoms with Crippen LogP contribution in [0, 0.1) is 25.5 Å². The maximum atomic E-state index is 14.2. The lowest BCUT2D eigenvalue weighted by Gasteiger charge is -2.25. The van der Waals surface area contributed by atoms with Gasteiger partial charge in [-0.1, -0.05) is 17.7 Å². The van der Waals surface area contributed by atoms with Gasteiger partial charge < -0.3 is 14.5 Å². The summed E-state index contributed by atoms with van der Waals surface area (Å²) >= 11 is 0. The summed E-state index contributed by atoms with van der Waals surface area (Å²) in [6, 6.07) is 15.0. The Kier molecular flexibility index (Phi) is 5.77. The van der Waals surface area contributed by atoms with Crippen molar-refractivity contribution < 1.29 is 18.3 Å². The first-order valence-electron chi connectivity index (χ1n) is 11.4. The zero-order valence-corrected chi connectivity index (χ0v) is 19.1. The molecule has 1 fully saturated rings. The van der Waals surface area contributed by atoms with Crippen LogP contribution in [0.25, 0.3) is 0 Å². The first-order valence-corrected chi connectivity index (χ1v) is 11.4. The van der Waals surface area contributed by atoms with E-state index in [1.54, 1.807) is 4.90 Å². The maximum absolute atomic E-state index is 14.2. The molecule has 0 spiro atoms. The fraction of sp³-hybridized carbons (Fsp3) is 0.259. The molecule has 1 amide bonds. The second-order valence-corrected chi connectivity index (χ2v) is 8.77. The Bertz CT molecular complexity index is 1310. The summed E-state index contributed by atoms with van der Waals surface area (Å²) in [4.78, 5) is 21.7. The molecule has 2 heterocycles. The van der Waals surface area contributed by atoms with Crippen molar-refractivity contribution in [3.63, 3.8) is 0 Å². The Balaban J connectivity index is 1.45. The second-order valence-electron chi connectivity index (χ2n) is 8.77. The molecule has 0 radical (unpaired) electrons. The first-order chi connectivity index (χ1) is 16.4. The number of fused-ring (bicyclic) bond motifs is 2. The Morgan fingerprint density at radius 1 is 0.882 bits per heavy atom. The zero-order chi connectivity index (χ0) is 23.8. The summed E-state index contributed by atoms with van der Waals surface area (Å²) in [7, 11) is 0. The number of ether oxygens (including phenoxy) is 1. The third-order valence-corrected chi connectivity index (χ3v) is 6.18. The number of amides is 1.